The zero-order chi connectivity index (χ0) is 12.4. The minimum Gasteiger partial charge on any atom is -0.338 e. The number of halogens is 1. The first kappa shape index (κ1) is 11.1. The molecule has 0 aliphatic rings. The van der Waals surface area contributed by atoms with Gasteiger partial charge >= 0.3 is 0 Å². The summed E-state index contributed by atoms with van der Waals surface area (Å²) in [4.78, 5) is 7.72. The minimum atomic E-state index is 0.738. The van der Waals surface area contributed by atoms with Gasteiger partial charge < -0.3 is 4.98 Å². The lowest BCUT2D eigenvalue weighted by Gasteiger charge is -1.92. The molecular formula is C15H11ClN2. The topological polar surface area (TPSA) is 28.7 Å². The second-order valence-corrected chi connectivity index (χ2v) is 4.46. The van der Waals surface area contributed by atoms with E-state index in [1.54, 1.807) is 0 Å². The number of aromatic nitrogens is 2. The largest absolute Gasteiger partial charge is 0.338 e. The van der Waals surface area contributed by atoms with E-state index in [1.807, 2.05) is 60.7 Å². The highest BCUT2D eigenvalue weighted by Gasteiger charge is 1.97. The molecule has 0 spiro atoms. The van der Waals surface area contributed by atoms with Crippen molar-refractivity contribution in [1.82, 2.24) is 9.97 Å². The molecule has 2 nitrogen and oxygen atoms in total. The molecule has 0 aliphatic heterocycles. The van der Waals surface area contributed by atoms with Gasteiger partial charge in [-0.05, 0) is 35.9 Å². The summed E-state index contributed by atoms with van der Waals surface area (Å²) in [6.45, 7) is 0. The number of hydrogen-bond donors (Lipinski definition) is 1. The second-order valence-electron chi connectivity index (χ2n) is 4.03. The molecule has 0 unspecified atom stereocenters. The van der Waals surface area contributed by atoms with Crippen molar-refractivity contribution in [2.75, 3.05) is 0 Å². The molecule has 3 aromatic rings. The molecule has 0 saturated carbocycles. The number of nitrogens with zero attached hydrogens (tertiary/aromatic N) is 1. The van der Waals surface area contributed by atoms with Crippen LogP contribution in [0.25, 0.3) is 23.2 Å². The van der Waals surface area contributed by atoms with Gasteiger partial charge in [0.15, 0.2) is 0 Å². The number of rotatable bonds is 2. The standard InChI is InChI=1S/C15H11ClN2/c16-12-5-3-4-11(10-12)8-9-15-17-13-6-1-2-7-14(13)18-15/h1-10H,(H,17,18)/b9-8+. The van der Waals surface area contributed by atoms with Gasteiger partial charge in [0.1, 0.15) is 5.82 Å². The highest BCUT2D eigenvalue weighted by atomic mass is 35.5. The van der Waals surface area contributed by atoms with E-state index in [0.29, 0.717) is 0 Å². The molecule has 1 heterocycles. The Labute approximate surface area is 110 Å². The smallest absolute Gasteiger partial charge is 0.131 e. The van der Waals surface area contributed by atoms with Crippen LogP contribution in [0.5, 0.6) is 0 Å². The molecule has 0 radical (unpaired) electrons. The molecule has 18 heavy (non-hydrogen) atoms. The van der Waals surface area contributed by atoms with Crippen LogP contribution in [0, 0.1) is 0 Å². The van der Waals surface area contributed by atoms with Crippen LogP contribution in [0.1, 0.15) is 11.4 Å². The zero-order valence-electron chi connectivity index (χ0n) is 9.60. The van der Waals surface area contributed by atoms with Crippen LogP contribution >= 0.6 is 11.6 Å². The van der Waals surface area contributed by atoms with Gasteiger partial charge in [-0.3, -0.25) is 0 Å². The van der Waals surface area contributed by atoms with Gasteiger partial charge in [0.25, 0.3) is 0 Å². The molecule has 3 rings (SSSR count). The Morgan fingerprint density at radius 3 is 2.72 bits per heavy atom. The molecule has 3 heteroatoms. The number of H-pyrrole nitrogens is 1. The van der Waals surface area contributed by atoms with E-state index in [1.165, 1.54) is 0 Å². The van der Waals surface area contributed by atoms with E-state index >= 15 is 0 Å². The average molecular weight is 255 g/mol. The first-order valence-electron chi connectivity index (χ1n) is 5.70. The fraction of sp³-hybridized carbons (Fsp3) is 0. The lowest BCUT2D eigenvalue weighted by atomic mass is 10.2. The van der Waals surface area contributed by atoms with Gasteiger partial charge in [0.2, 0.25) is 0 Å². The quantitative estimate of drug-likeness (QED) is 0.722. The number of imidazole rings is 1. The van der Waals surface area contributed by atoms with Crippen molar-refractivity contribution in [3.63, 3.8) is 0 Å². The third-order valence-electron chi connectivity index (χ3n) is 2.69. The summed E-state index contributed by atoms with van der Waals surface area (Å²) >= 11 is 5.93. The number of hydrogen-bond acceptors (Lipinski definition) is 1. The highest BCUT2D eigenvalue weighted by Crippen LogP contribution is 2.15. The van der Waals surface area contributed by atoms with Crippen molar-refractivity contribution >= 4 is 34.8 Å². The number of fused-ring (bicyclic) bond motifs is 1. The molecule has 0 amide bonds. The van der Waals surface area contributed by atoms with Crippen molar-refractivity contribution < 1.29 is 0 Å². The molecule has 0 saturated heterocycles. The van der Waals surface area contributed by atoms with E-state index in [4.69, 9.17) is 11.6 Å². The van der Waals surface area contributed by atoms with Gasteiger partial charge in [-0.15, -0.1) is 0 Å². The van der Waals surface area contributed by atoms with Gasteiger partial charge in [0, 0.05) is 5.02 Å². The Hall–Kier alpha value is -2.06. The second kappa shape index (κ2) is 4.67. The van der Waals surface area contributed by atoms with Crippen molar-refractivity contribution in [3.8, 4) is 0 Å². The molecule has 0 fully saturated rings. The first-order valence-corrected chi connectivity index (χ1v) is 6.07. The Bertz CT molecular complexity index is 680. The van der Waals surface area contributed by atoms with Crippen LogP contribution in [0.15, 0.2) is 48.5 Å². The summed E-state index contributed by atoms with van der Waals surface area (Å²) in [5, 5.41) is 0.738. The number of aromatic amines is 1. The summed E-state index contributed by atoms with van der Waals surface area (Å²) in [5.74, 6) is 0.844. The summed E-state index contributed by atoms with van der Waals surface area (Å²) in [7, 11) is 0. The van der Waals surface area contributed by atoms with Crippen LogP contribution in [-0.4, -0.2) is 9.97 Å². The Morgan fingerprint density at radius 1 is 1.00 bits per heavy atom. The molecule has 1 N–H and O–H groups in total. The van der Waals surface area contributed by atoms with E-state index in [0.717, 1.165) is 27.4 Å². The van der Waals surface area contributed by atoms with Crippen molar-refractivity contribution in [2.24, 2.45) is 0 Å². The van der Waals surface area contributed by atoms with Gasteiger partial charge in [-0.2, -0.15) is 0 Å². The number of para-hydroxylation sites is 2. The van der Waals surface area contributed by atoms with Crippen LogP contribution in [-0.2, 0) is 0 Å². The maximum absolute atomic E-state index is 5.93. The summed E-state index contributed by atoms with van der Waals surface area (Å²) in [5.41, 5.74) is 3.08. The van der Waals surface area contributed by atoms with Crippen molar-refractivity contribution in [3.05, 3.63) is 64.9 Å². The maximum Gasteiger partial charge on any atom is 0.131 e. The summed E-state index contributed by atoms with van der Waals surface area (Å²) < 4.78 is 0. The lowest BCUT2D eigenvalue weighted by molar-refractivity contribution is 1.29. The van der Waals surface area contributed by atoms with Crippen molar-refractivity contribution in [2.45, 2.75) is 0 Å². The van der Waals surface area contributed by atoms with Crippen LogP contribution < -0.4 is 0 Å². The van der Waals surface area contributed by atoms with Crippen LogP contribution in [0.3, 0.4) is 0 Å². The van der Waals surface area contributed by atoms with E-state index in [-0.39, 0.29) is 0 Å². The SMILES string of the molecule is Clc1cccc(/C=C/c2nc3ccccc3[nH]2)c1. The third-order valence-corrected chi connectivity index (χ3v) is 2.93. The number of nitrogens with one attached hydrogen (secondary N) is 1. The fourth-order valence-electron chi connectivity index (χ4n) is 1.84. The van der Waals surface area contributed by atoms with E-state index < -0.39 is 0 Å². The molecule has 0 aliphatic carbocycles. The molecule has 1 aromatic heterocycles. The van der Waals surface area contributed by atoms with Crippen LogP contribution in [0.4, 0.5) is 0 Å². The van der Waals surface area contributed by atoms with Crippen molar-refractivity contribution in [1.29, 1.82) is 0 Å². The van der Waals surface area contributed by atoms with Gasteiger partial charge in [0.05, 0.1) is 11.0 Å². The average Bonchev–Trinajstić information content (AvgIpc) is 2.79. The Morgan fingerprint density at radius 2 is 1.89 bits per heavy atom. The fourth-order valence-corrected chi connectivity index (χ4v) is 2.04. The lowest BCUT2D eigenvalue weighted by Crippen LogP contribution is -1.75. The van der Waals surface area contributed by atoms with E-state index in [9.17, 15) is 0 Å². The highest BCUT2D eigenvalue weighted by molar-refractivity contribution is 6.30. The van der Waals surface area contributed by atoms with Gasteiger partial charge in [-0.25, -0.2) is 4.98 Å². The molecule has 0 atom stereocenters. The first-order chi connectivity index (χ1) is 8.81. The normalized spacial score (nSPS) is 11.4. The third kappa shape index (κ3) is 2.29. The van der Waals surface area contributed by atoms with Crippen LogP contribution in [0.2, 0.25) is 5.02 Å². The predicted molar refractivity (Wildman–Crippen MR) is 76.5 cm³/mol. The monoisotopic (exact) mass is 254 g/mol. The van der Waals surface area contributed by atoms with Gasteiger partial charge in [-0.1, -0.05) is 41.9 Å². The maximum atomic E-state index is 5.93. The Kier molecular flexibility index (Phi) is 2.87. The van der Waals surface area contributed by atoms with E-state index in [2.05, 4.69) is 9.97 Å². The molecule has 88 valence electrons. The summed E-state index contributed by atoms with van der Waals surface area (Å²) in [6, 6.07) is 15.7. The summed E-state index contributed by atoms with van der Waals surface area (Å²) in [6.07, 6.45) is 3.94. The molecule has 2 aromatic carbocycles. The Balaban J connectivity index is 1.92. The number of benzene rings is 2. The molecule has 0 bridgehead atoms. The molecular weight excluding hydrogens is 244 g/mol. The predicted octanol–water partition coefficient (Wildman–Crippen LogP) is 4.39. The minimum absolute atomic E-state index is 0.738. The zero-order valence-corrected chi connectivity index (χ0v) is 10.4.